The van der Waals surface area contributed by atoms with E-state index in [2.05, 4.69) is 158 Å². The third-order valence-electron chi connectivity index (χ3n) is 12.9. The van der Waals surface area contributed by atoms with Gasteiger partial charge >= 0.3 is 0 Å². The minimum Gasteiger partial charge on any atom is -0.310 e. The van der Waals surface area contributed by atoms with Crippen LogP contribution >= 0.6 is 0 Å². The van der Waals surface area contributed by atoms with Gasteiger partial charge in [-0.15, -0.1) is 0 Å². The Kier molecular flexibility index (Phi) is 6.72. The maximum absolute atomic E-state index is 5.59. The van der Waals surface area contributed by atoms with Crippen LogP contribution in [0.5, 0.6) is 0 Å². The zero-order valence-corrected chi connectivity index (χ0v) is 29.0. The molecule has 0 amide bonds. The molecule has 0 unspecified atom stereocenters. The monoisotopic (exact) mass is 649 g/mol. The van der Waals surface area contributed by atoms with Gasteiger partial charge in [0.2, 0.25) is 0 Å². The molecule has 11 rings (SSSR count). The lowest BCUT2D eigenvalue weighted by Gasteiger charge is -2.60. The Morgan fingerprint density at radius 3 is 1.48 bits per heavy atom. The van der Waals surface area contributed by atoms with E-state index in [0.29, 0.717) is 11.8 Å². The predicted octanol–water partition coefficient (Wildman–Crippen LogP) is 11.7. The first-order chi connectivity index (χ1) is 24.5. The van der Waals surface area contributed by atoms with E-state index < -0.39 is 0 Å². The summed E-state index contributed by atoms with van der Waals surface area (Å²) >= 11 is 0. The lowest BCUT2D eigenvalue weighted by atomic mass is 9.43. The predicted molar refractivity (Wildman–Crippen MR) is 204 cm³/mol. The number of benzene rings is 5. The molecule has 3 heteroatoms. The van der Waals surface area contributed by atoms with Crippen molar-refractivity contribution in [2.24, 2.45) is 23.7 Å². The topological polar surface area (TPSA) is 29.0 Å². The Morgan fingerprint density at radius 1 is 0.520 bits per heavy atom. The van der Waals surface area contributed by atoms with Crippen LogP contribution in [0.3, 0.4) is 0 Å². The van der Waals surface area contributed by atoms with Gasteiger partial charge in [0.05, 0.1) is 28.2 Å². The summed E-state index contributed by atoms with van der Waals surface area (Å²) < 4.78 is 0. The van der Waals surface area contributed by atoms with E-state index in [1.807, 2.05) is 0 Å². The van der Waals surface area contributed by atoms with Crippen LogP contribution in [0.2, 0.25) is 0 Å². The number of nitrogens with zero attached hydrogens (tertiary/aromatic N) is 3. The van der Waals surface area contributed by atoms with Crippen molar-refractivity contribution in [3.63, 3.8) is 0 Å². The molecule has 246 valence electrons. The van der Waals surface area contributed by atoms with Crippen LogP contribution in [0.4, 0.5) is 17.1 Å². The first-order valence-corrected chi connectivity index (χ1v) is 18.6. The second kappa shape index (κ2) is 11.3. The van der Waals surface area contributed by atoms with E-state index in [-0.39, 0.29) is 10.8 Å². The zero-order chi connectivity index (χ0) is 33.5. The molecule has 4 fully saturated rings. The molecule has 0 spiro atoms. The fourth-order valence-electron chi connectivity index (χ4n) is 10.9. The summed E-state index contributed by atoms with van der Waals surface area (Å²) in [6, 6.07) is 51.2. The maximum atomic E-state index is 5.59. The lowest BCUT2D eigenvalue weighted by molar-refractivity contribution is -0.0453. The summed E-state index contributed by atoms with van der Waals surface area (Å²) in [5, 5.41) is 0. The van der Waals surface area contributed by atoms with Crippen molar-refractivity contribution in [2.45, 2.75) is 56.8 Å². The van der Waals surface area contributed by atoms with Gasteiger partial charge in [-0.1, -0.05) is 123 Å². The molecular weight excluding hydrogens is 607 g/mol. The van der Waals surface area contributed by atoms with E-state index in [9.17, 15) is 0 Å². The van der Waals surface area contributed by atoms with Gasteiger partial charge in [0.15, 0.2) is 0 Å². The van der Waals surface area contributed by atoms with E-state index in [1.165, 1.54) is 65.9 Å². The maximum Gasteiger partial charge on any atom is 0.140 e. The minimum absolute atomic E-state index is 0.0777. The Morgan fingerprint density at radius 2 is 0.980 bits per heavy atom. The van der Waals surface area contributed by atoms with Crippen LogP contribution in [0.15, 0.2) is 140 Å². The molecule has 4 aliphatic carbocycles. The van der Waals surface area contributed by atoms with Crippen LogP contribution in [-0.4, -0.2) is 9.97 Å². The molecule has 0 atom stereocenters. The number of para-hydroxylation sites is 2. The molecule has 3 nitrogen and oxygen atoms in total. The van der Waals surface area contributed by atoms with E-state index in [4.69, 9.17) is 9.97 Å². The van der Waals surface area contributed by atoms with Crippen LogP contribution in [0.1, 0.15) is 68.5 Å². The number of aromatic nitrogens is 2. The van der Waals surface area contributed by atoms with Gasteiger partial charge in [0, 0.05) is 22.2 Å². The Labute approximate surface area is 296 Å². The van der Waals surface area contributed by atoms with Crippen LogP contribution in [0, 0.1) is 23.7 Å². The largest absolute Gasteiger partial charge is 0.310 e. The van der Waals surface area contributed by atoms with Crippen molar-refractivity contribution in [1.29, 1.82) is 0 Å². The highest BCUT2D eigenvalue weighted by atomic mass is 15.2. The van der Waals surface area contributed by atoms with Crippen LogP contribution in [0.25, 0.3) is 22.5 Å². The molecule has 4 saturated carbocycles. The smallest absolute Gasteiger partial charge is 0.140 e. The lowest BCUT2D eigenvalue weighted by Crippen LogP contribution is -2.56. The molecule has 5 aromatic carbocycles. The van der Waals surface area contributed by atoms with E-state index >= 15 is 0 Å². The average molecular weight is 650 g/mol. The van der Waals surface area contributed by atoms with Gasteiger partial charge in [0.1, 0.15) is 5.82 Å². The zero-order valence-electron chi connectivity index (χ0n) is 29.0. The Hall–Kier alpha value is -5.02. The summed E-state index contributed by atoms with van der Waals surface area (Å²) in [5.41, 5.74) is 11.9. The number of anilines is 3. The molecule has 5 aliphatic rings. The third-order valence-corrected chi connectivity index (χ3v) is 12.9. The normalized spacial score (nSPS) is 25.6. The molecule has 4 bridgehead atoms. The quantitative estimate of drug-likeness (QED) is 0.186. The molecule has 0 N–H and O–H groups in total. The van der Waals surface area contributed by atoms with Crippen LogP contribution in [-0.2, 0) is 10.8 Å². The van der Waals surface area contributed by atoms with Crippen molar-refractivity contribution >= 4 is 17.1 Å². The second-order valence-electron chi connectivity index (χ2n) is 15.9. The van der Waals surface area contributed by atoms with Crippen molar-refractivity contribution in [3.8, 4) is 22.5 Å². The third kappa shape index (κ3) is 4.42. The molecule has 1 aliphatic heterocycles. The van der Waals surface area contributed by atoms with Gasteiger partial charge in [-0.3, -0.25) is 0 Å². The highest BCUT2D eigenvalue weighted by molar-refractivity contribution is 5.86. The molecule has 6 aromatic rings. The summed E-state index contributed by atoms with van der Waals surface area (Å²) in [6.45, 7) is 4.71. The molecule has 0 radical (unpaired) electrons. The van der Waals surface area contributed by atoms with E-state index in [1.54, 1.807) is 0 Å². The first-order valence-electron chi connectivity index (χ1n) is 18.6. The molecule has 2 heterocycles. The van der Waals surface area contributed by atoms with Crippen molar-refractivity contribution in [2.75, 3.05) is 4.90 Å². The fourth-order valence-corrected chi connectivity index (χ4v) is 10.9. The van der Waals surface area contributed by atoms with Gasteiger partial charge in [-0.25, -0.2) is 9.97 Å². The highest BCUT2D eigenvalue weighted by Gasteiger charge is 2.60. The van der Waals surface area contributed by atoms with Gasteiger partial charge in [-0.05, 0) is 103 Å². The summed E-state index contributed by atoms with van der Waals surface area (Å²) in [4.78, 5) is 13.7. The second-order valence-corrected chi connectivity index (χ2v) is 15.9. The van der Waals surface area contributed by atoms with Crippen LogP contribution < -0.4 is 4.90 Å². The van der Waals surface area contributed by atoms with Crippen molar-refractivity contribution in [1.82, 2.24) is 9.97 Å². The molecule has 0 saturated heterocycles. The number of fused-ring (bicyclic) bond motifs is 2. The van der Waals surface area contributed by atoms with Gasteiger partial charge < -0.3 is 4.90 Å². The Bertz CT molecular complexity index is 2070. The SMILES string of the molecule is CC1(C)c2ccccc2N(c2ccc(C3(c4nc(-c5ccccc5)cc(-c5ccccc5)n4)C4CC5CC(C4)CC3C5)cc2)c2ccccc21. The first kappa shape index (κ1) is 29.9. The summed E-state index contributed by atoms with van der Waals surface area (Å²) in [6.07, 6.45) is 6.51. The van der Waals surface area contributed by atoms with Gasteiger partial charge in [0.25, 0.3) is 0 Å². The molecule has 1 aromatic heterocycles. The van der Waals surface area contributed by atoms with Crippen molar-refractivity contribution in [3.05, 3.63) is 162 Å². The number of hydrogen-bond acceptors (Lipinski definition) is 3. The standard InChI is InChI=1S/C47H43N3/c1-46(2)39-17-9-11-19-43(39)50(44-20-12-10-18-40(44)46)38-23-21-35(22-24-38)47(36-26-31-25-32(28-36)29-37(47)27-31)45-48-41(33-13-5-3-6-14-33)30-42(49-45)34-15-7-4-8-16-34/h3-24,30-32,36-37H,25-29H2,1-2H3. The summed E-state index contributed by atoms with van der Waals surface area (Å²) in [5.74, 6) is 3.77. The Balaban J connectivity index is 1.16. The summed E-state index contributed by atoms with van der Waals surface area (Å²) in [7, 11) is 0. The fraction of sp³-hybridized carbons (Fsp3) is 0.277. The van der Waals surface area contributed by atoms with E-state index in [0.717, 1.165) is 40.2 Å². The minimum atomic E-state index is -0.222. The number of hydrogen-bond donors (Lipinski definition) is 0. The number of rotatable bonds is 5. The van der Waals surface area contributed by atoms with Crippen molar-refractivity contribution < 1.29 is 0 Å². The molecular formula is C47H43N3. The highest BCUT2D eigenvalue weighted by Crippen LogP contribution is 2.65. The van der Waals surface area contributed by atoms with Gasteiger partial charge in [-0.2, -0.15) is 0 Å². The average Bonchev–Trinajstić information content (AvgIpc) is 3.16. The molecule has 50 heavy (non-hydrogen) atoms.